The van der Waals surface area contributed by atoms with Crippen molar-refractivity contribution >= 4 is 22.6 Å². The van der Waals surface area contributed by atoms with E-state index in [0.29, 0.717) is 24.1 Å². The molecule has 0 aromatic carbocycles. The van der Waals surface area contributed by atoms with Gasteiger partial charge in [0.15, 0.2) is 5.65 Å². The molecule has 2 heterocycles. The van der Waals surface area contributed by atoms with Crippen LogP contribution < -0.4 is 0 Å². The van der Waals surface area contributed by atoms with E-state index in [-0.39, 0.29) is 0 Å². The highest BCUT2D eigenvalue weighted by atomic mass is 35.5. The number of hydrogen-bond donors (Lipinski definition) is 1. The van der Waals surface area contributed by atoms with E-state index in [4.69, 9.17) is 11.6 Å². The van der Waals surface area contributed by atoms with Crippen LogP contribution in [-0.2, 0) is 13.6 Å². The van der Waals surface area contributed by atoms with E-state index in [1.54, 1.807) is 10.9 Å². The highest BCUT2D eigenvalue weighted by molar-refractivity contribution is 6.33. The van der Waals surface area contributed by atoms with Gasteiger partial charge in [0.05, 0.1) is 23.7 Å². The number of fused-ring (bicyclic) bond motifs is 1. The molecule has 2 aromatic rings. The summed E-state index contributed by atoms with van der Waals surface area (Å²) in [4.78, 5) is 10.9. The molecule has 0 aliphatic heterocycles. The number of aliphatic hydroxyl groups is 1. The number of halogens is 1. The normalized spacial score (nSPS) is 18.0. The van der Waals surface area contributed by atoms with Gasteiger partial charge >= 0.3 is 0 Å². The van der Waals surface area contributed by atoms with Crippen molar-refractivity contribution in [3.63, 3.8) is 0 Å². The zero-order chi connectivity index (χ0) is 15.0. The van der Waals surface area contributed by atoms with Crippen LogP contribution >= 0.6 is 11.6 Å². The van der Waals surface area contributed by atoms with Gasteiger partial charge < -0.3 is 5.11 Å². The molecule has 1 aliphatic carbocycles. The van der Waals surface area contributed by atoms with Gasteiger partial charge in [-0.15, -0.1) is 0 Å². The minimum Gasteiger partial charge on any atom is -0.389 e. The first kappa shape index (κ1) is 14.7. The van der Waals surface area contributed by atoms with Crippen LogP contribution in [0.3, 0.4) is 0 Å². The number of aromatic nitrogens is 4. The molecule has 0 atom stereocenters. The van der Waals surface area contributed by atoms with E-state index in [9.17, 15) is 5.11 Å². The second-order valence-electron chi connectivity index (χ2n) is 6.04. The molecule has 1 N–H and O–H groups in total. The summed E-state index contributed by atoms with van der Waals surface area (Å²) in [7, 11) is 3.81. The molecule has 3 rings (SSSR count). The first-order chi connectivity index (χ1) is 9.97. The van der Waals surface area contributed by atoms with Crippen LogP contribution in [-0.4, -0.2) is 48.9 Å². The quantitative estimate of drug-likeness (QED) is 0.872. The van der Waals surface area contributed by atoms with Gasteiger partial charge in [-0.05, 0) is 19.9 Å². The minimum absolute atomic E-state index is 0.427. The number of likely N-dealkylation sites (N-methyl/N-ethyl adjacent to an activating group) is 1. The van der Waals surface area contributed by atoms with E-state index in [2.05, 4.69) is 20.0 Å². The van der Waals surface area contributed by atoms with E-state index in [1.807, 2.05) is 14.1 Å². The fourth-order valence-corrected chi connectivity index (χ4v) is 3.32. The van der Waals surface area contributed by atoms with E-state index in [1.165, 1.54) is 0 Å². The van der Waals surface area contributed by atoms with Gasteiger partial charge in [-0.1, -0.05) is 24.4 Å². The third-order valence-corrected chi connectivity index (χ3v) is 4.39. The summed E-state index contributed by atoms with van der Waals surface area (Å²) in [6, 6.07) is 0. The van der Waals surface area contributed by atoms with Crippen LogP contribution in [0.25, 0.3) is 11.0 Å². The van der Waals surface area contributed by atoms with Crippen LogP contribution in [0.5, 0.6) is 0 Å². The van der Waals surface area contributed by atoms with Crippen molar-refractivity contribution in [2.75, 3.05) is 13.6 Å². The standard InChI is InChI=1S/C14H20ClN5O/c1-19(9-14(21)5-3-4-6-14)8-11-17-12(15)10-7-16-20(2)13(10)18-11/h7,21H,3-6,8-9H2,1-2H3. The average Bonchev–Trinajstić information content (AvgIpc) is 2.97. The van der Waals surface area contributed by atoms with Crippen molar-refractivity contribution in [2.45, 2.75) is 37.8 Å². The maximum absolute atomic E-state index is 10.5. The van der Waals surface area contributed by atoms with Crippen LogP contribution in [0, 0.1) is 0 Å². The van der Waals surface area contributed by atoms with Gasteiger partial charge in [0, 0.05) is 13.6 Å². The Labute approximate surface area is 128 Å². The molecule has 7 heteroatoms. The molecule has 0 unspecified atom stereocenters. The molecule has 114 valence electrons. The van der Waals surface area contributed by atoms with E-state index >= 15 is 0 Å². The lowest BCUT2D eigenvalue weighted by atomic mass is 10.0. The number of hydrogen-bond acceptors (Lipinski definition) is 5. The minimum atomic E-state index is -0.560. The highest BCUT2D eigenvalue weighted by Gasteiger charge is 2.32. The topological polar surface area (TPSA) is 67.1 Å². The molecule has 0 radical (unpaired) electrons. The van der Waals surface area contributed by atoms with Gasteiger partial charge in [0.2, 0.25) is 0 Å². The Morgan fingerprint density at radius 1 is 1.38 bits per heavy atom. The predicted octanol–water partition coefficient (Wildman–Crippen LogP) is 1.75. The molecule has 6 nitrogen and oxygen atoms in total. The van der Waals surface area contributed by atoms with Crippen molar-refractivity contribution in [1.29, 1.82) is 0 Å². The average molecular weight is 310 g/mol. The second kappa shape index (κ2) is 5.51. The summed E-state index contributed by atoms with van der Waals surface area (Å²) >= 11 is 6.18. The molecule has 1 saturated carbocycles. The van der Waals surface area contributed by atoms with Crippen molar-refractivity contribution in [1.82, 2.24) is 24.6 Å². The van der Waals surface area contributed by atoms with Gasteiger partial charge in [-0.25, -0.2) is 9.97 Å². The van der Waals surface area contributed by atoms with Crippen LogP contribution in [0.1, 0.15) is 31.5 Å². The number of rotatable bonds is 4. The Balaban J connectivity index is 1.76. The molecule has 1 fully saturated rings. The maximum atomic E-state index is 10.5. The molecular formula is C14H20ClN5O. The summed E-state index contributed by atoms with van der Waals surface area (Å²) in [6.45, 7) is 1.19. The first-order valence-corrected chi connectivity index (χ1v) is 7.60. The van der Waals surface area contributed by atoms with E-state index in [0.717, 1.165) is 36.7 Å². The maximum Gasteiger partial charge on any atom is 0.162 e. The SMILES string of the molecule is CN(Cc1nc(Cl)c2cnn(C)c2n1)CC1(O)CCCC1. The summed E-state index contributed by atoms with van der Waals surface area (Å²) in [6.07, 6.45) is 5.63. The van der Waals surface area contributed by atoms with Crippen molar-refractivity contribution in [3.05, 3.63) is 17.2 Å². The monoisotopic (exact) mass is 309 g/mol. The van der Waals surface area contributed by atoms with Crippen molar-refractivity contribution in [2.24, 2.45) is 7.05 Å². The first-order valence-electron chi connectivity index (χ1n) is 7.22. The summed E-state index contributed by atoms with van der Waals surface area (Å²) in [5, 5.41) is 15.8. The fourth-order valence-electron chi connectivity index (χ4n) is 3.09. The van der Waals surface area contributed by atoms with Crippen LogP contribution in [0.15, 0.2) is 6.20 Å². The molecule has 0 spiro atoms. The van der Waals surface area contributed by atoms with Gasteiger partial charge in [0.1, 0.15) is 11.0 Å². The Bertz CT molecular complexity index is 650. The molecular weight excluding hydrogens is 290 g/mol. The van der Waals surface area contributed by atoms with Crippen LogP contribution in [0.4, 0.5) is 0 Å². The van der Waals surface area contributed by atoms with Gasteiger partial charge in [0.25, 0.3) is 0 Å². The van der Waals surface area contributed by atoms with Crippen molar-refractivity contribution in [3.8, 4) is 0 Å². The second-order valence-corrected chi connectivity index (χ2v) is 6.40. The largest absolute Gasteiger partial charge is 0.389 e. The summed E-state index contributed by atoms with van der Waals surface area (Å²) < 4.78 is 1.69. The lowest BCUT2D eigenvalue weighted by molar-refractivity contribution is 0.0140. The third-order valence-electron chi connectivity index (χ3n) is 4.10. The number of nitrogens with zero attached hydrogens (tertiary/aromatic N) is 5. The lowest BCUT2D eigenvalue weighted by Crippen LogP contribution is -2.39. The third kappa shape index (κ3) is 3.02. The van der Waals surface area contributed by atoms with Crippen LogP contribution in [0.2, 0.25) is 5.15 Å². The zero-order valence-electron chi connectivity index (χ0n) is 12.4. The highest BCUT2D eigenvalue weighted by Crippen LogP contribution is 2.30. The predicted molar refractivity (Wildman–Crippen MR) is 81.1 cm³/mol. The molecule has 0 bridgehead atoms. The zero-order valence-corrected chi connectivity index (χ0v) is 13.1. The Kier molecular flexibility index (Phi) is 3.86. The summed E-state index contributed by atoms with van der Waals surface area (Å²) in [5.74, 6) is 0.653. The smallest absolute Gasteiger partial charge is 0.162 e. The fraction of sp³-hybridized carbons (Fsp3) is 0.643. The molecule has 2 aromatic heterocycles. The Hall–Kier alpha value is -1.24. The lowest BCUT2D eigenvalue weighted by Gasteiger charge is -2.28. The van der Waals surface area contributed by atoms with Crippen molar-refractivity contribution < 1.29 is 5.11 Å². The molecule has 21 heavy (non-hydrogen) atoms. The van der Waals surface area contributed by atoms with Gasteiger partial charge in [-0.3, -0.25) is 9.58 Å². The molecule has 1 aliphatic rings. The Morgan fingerprint density at radius 2 is 2.10 bits per heavy atom. The molecule has 0 amide bonds. The number of aryl methyl sites for hydroxylation is 1. The van der Waals surface area contributed by atoms with Gasteiger partial charge in [-0.2, -0.15) is 5.10 Å². The summed E-state index contributed by atoms with van der Waals surface area (Å²) in [5.41, 5.74) is 0.174. The molecule has 0 saturated heterocycles. The van der Waals surface area contributed by atoms with E-state index < -0.39 is 5.60 Å². The Morgan fingerprint density at radius 3 is 2.81 bits per heavy atom.